The molecule has 174 valence electrons. The smallest absolute Gasteiger partial charge is 0.228 e. The van der Waals surface area contributed by atoms with Crippen LogP contribution in [0.4, 0.5) is 0 Å². The van der Waals surface area contributed by atoms with Crippen molar-refractivity contribution in [1.29, 1.82) is 5.26 Å². The van der Waals surface area contributed by atoms with Crippen molar-refractivity contribution in [2.75, 3.05) is 0 Å². The molecule has 0 aromatic carbocycles. The van der Waals surface area contributed by atoms with E-state index in [2.05, 4.69) is 46.8 Å². The van der Waals surface area contributed by atoms with Gasteiger partial charge >= 0.3 is 0 Å². The summed E-state index contributed by atoms with van der Waals surface area (Å²) in [6, 6.07) is 2.25. The molecule has 0 aromatic heterocycles. The van der Waals surface area contributed by atoms with Crippen LogP contribution >= 0.6 is 11.6 Å². The van der Waals surface area contributed by atoms with E-state index in [9.17, 15) is 14.9 Å². The fraction of sp³-hybridized carbons (Fsp3) is 0.821. The Morgan fingerprint density at radius 3 is 2.31 bits per heavy atom. The Balaban J connectivity index is 1.60. The lowest BCUT2D eigenvalue weighted by molar-refractivity contribution is -0.213. The first-order chi connectivity index (χ1) is 14.9. The zero-order valence-corrected chi connectivity index (χ0v) is 21.1. The molecular weight excluding hydrogens is 418 g/mol. The van der Waals surface area contributed by atoms with Crippen LogP contribution in [0, 0.1) is 62.1 Å². The molecule has 4 fully saturated rings. The van der Waals surface area contributed by atoms with E-state index >= 15 is 0 Å². The number of carbonyl (C=O) groups is 2. The molecule has 0 bridgehead atoms. The van der Waals surface area contributed by atoms with Gasteiger partial charge in [0, 0.05) is 10.8 Å². The molecule has 0 radical (unpaired) electrons. The summed E-state index contributed by atoms with van der Waals surface area (Å²) in [4.78, 5) is 25.7. The largest absolute Gasteiger partial charge is 0.293 e. The third kappa shape index (κ3) is 2.44. The van der Waals surface area contributed by atoms with Crippen molar-refractivity contribution in [3.05, 3.63) is 11.6 Å². The molecule has 0 N–H and O–H groups in total. The molecule has 4 saturated carbocycles. The molecule has 0 spiro atoms. The van der Waals surface area contributed by atoms with Crippen molar-refractivity contribution in [2.24, 2.45) is 50.7 Å². The number of hydrogen-bond acceptors (Lipinski definition) is 3. The maximum absolute atomic E-state index is 13.1. The Bertz CT molecular complexity index is 961. The van der Waals surface area contributed by atoms with E-state index in [1.807, 2.05) is 0 Å². The molecule has 4 heteroatoms. The number of hydrogen-bond donors (Lipinski definition) is 0. The van der Waals surface area contributed by atoms with Gasteiger partial charge in [-0.15, -0.1) is 0 Å². The zero-order chi connectivity index (χ0) is 23.3. The summed E-state index contributed by atoms with van der Waals surface area (Å²) in [6.07, 6.45) is 11.7. The van der Waals surface area contributed by atoms with Gasteiger partial charge in [-0.2, -0.15) is 5.26 Å². The quantitative estimate of drug-likeness (QED) is 0.406. The average molecular weight is 456 g/mol. The SMILES string of the molecule is CC1(C)C(=O)C(C#N)=CC2(C)C1CCC1(C)C2CCC2C3CCCC3(C(=O)Cl)CCC21C. The highest BCUT2D eigenvalue weighted by molar-refractivity contribution is 6.64. The minimum absolute atomic E-state index is 0.0278. The second kappa shape index (κ2) is 6.71. The van der Waals surface area contributed by atoms with E-state index in [1.54, 1.807) is 0 Å². The maximum Gasteiger partial charge on any atom is 0.228 e. The van der Waals surface area contributed by atoms with E-state index < -0.39 is 5.41 Å². The molecule has 5 aliphatic rings. The van der Waals surface area contributed by atoms with Crippen molar-refractivity contribution in [1.82, 2.24) is 0 Å². The number of Topliss-reactive ketones (excluding diaryl/α,β-unsaturated/α-hetero) is 1. The van der Waals surface area contributed by atoms with Gasteiger partial charge in [0.1, 0.15) is 6.07 Å². The Kier molecular flexibility index (Phi) is 4.75. The van der Waals surface area contributed by atoms with E-state index in [-0.39, 0.29) is 38.6 Å². The Hall–Kier alpha value is -1.14. The molecule has 0 amide bonds. The van der Waals surface area contributed by atoms with Gasteiger partial charge in [0.2, 0.25) is 5.24 Å². The van der Waals surface area contributed by atoms with Gasteiger partial charge in [0.15, 0.2) is 5.78 Å². The lowest BCUT2D eigenvalue weighted by Crippen LogP contribution is -2.65. The predicted molar refractivity (Wildman–Crippen MR) is 126 cm³/mol. The molecule has 5 aliphatic carbocycles. The Labute approximate surface area is 198 Å². The van der Waals surface area contributed by atoms with Gasteiger partial charge < -0.3 is 0 Å². The summed E-state index contributed by atoms with van der Waals surface area (Å²) in [5, 5.41) is 9.71. The molecule has 5 rings (SSSR count). The topological polar surface area (TPSA) is 57.9 Å². The number of halogens is 1. The molecular formula is C28H38ClNO2. The van der Waals surface area contributed by atoms with Gasteiger partial charge in [-0.05, 0) is 103 Å². The summed E-state index contributed by atoms with van der Waals surface area (Å²) < 4.78 is 0. The van der Waals surface area contributed by atoms with Crippen LogP contribution in [0.5, 0.6) is 0 Å². The van der Waals surface area contributed by atoms with Gasteiger partial charge in [-0.3, -0.25) is 9.59 Å². The van der Waals surface area contributed by atoms with E-state index in [0.717, 1.165) is 57.8 Å². The lowest BCUT2D eigenvalue weighted by Gasteiger charge is -2.71. The number of rotatable bonds is 1. The normalized spacial score (nSPS) is 51.4. The average Bonchev–Trinajstić information content (AvgIpc) is 3.17. The van der Waals surface area contributed by atoms with Crippen LogP contribution in [0.15, 0.2) is 11.6 Å². The number of carbonyl (C=O) groups excluding carboxylic acids is 2. The highest BCUT2D eigenvalue weighted by Crippen LogP contribution is 2.76. The van der Waals surface area contributed by atoms with Crippen LogP contribution in [0.1, 0.15) is 92.4 Å². The first kappa shape index (κ1) is 22.6. The van der Waals surface area contributed by atoms with Gasteiger partial charge in [0.05, 0.1) is 5.57 Å². The summed E-state index contributed by atoms with van der Waals surface area (Å²) in [5.41, 5.74) is -0.249. The minimum atomic E-state index is -0.494. The van der Waals surface area contributed by atoms with Crippen LogP contribution in [-0.4, -0.2) is 11.0 Å². The van der Waals surface area contributed by atoms with Gasteiger partial charge in [-0.25, -0.2) is 0 Å². The Morgan fingerprint density at radius 1 is 0.938 bits per heavy atom. The van der Waals surface area contributed by atoms with E-state index in [4.69, 9.17) is 11.6 Å². The van der Waals surface area contributed by atoms with Gasteiger partial charge in [0.25, 0.3) is 0 Å². The molecule has 32 heavy (non-hydrogen) atoms. The molecule has 0 aliphatic heterocycles. The fourth-order valence-electron chi connectivity index (χ4n) is 10.5. The molecule has 3 nitrogen and oxygen atoms in total. The van der Waals surface area contributed by atoms with Crippen LogP contribution in [0.3, 0.4) is 0 Å². The van der Waals surface area contributed by atoms with Crippen LogP contribution < -0.4 is 0 Å². The van der Waals surface area contributed by atoms with Crippen molar-refractivity contribution in [3.63, 3.8) is 0 Å². The fourth-order valence-corrected chi connectivity index (χ4v) is 10.8. The molecule has 8 atom stereocenters. The maximum atomic E-state index is 13.1. The van der Waals surface area contributed by atoms with Crippen molar-refractivity contribution in [2.45, 2.75) is 92.4 Å². The van der Waals surface area contributed by atoms with E-state index in [0.29, 0.717) is 23.3 Å². The summed E-state index contributed by atoms with van der Waals surface area (Å²) in [5.74, 6) is 1.72. The number of allylic oxidation sites excluding steroid dienone is 2. The monoisotopic (exact) mass is 455 g/mol. The van der Waals surface area contributed by atoms with Crippen molar-refractivity contribution in [3.8, 4) is 6.07 Å². The molecule has 0 aromatic rings. The van der Waals surface area contributed by atoms with Crippen molar-refractivity contribution >= 4 is 22.6 Å². The number of nitrogens with zero attached hydrogens (tertiary/aromatic N) is 1. The molecule has 0 heterocycles. The summed E-state index contributed by atoms with van der Waals surface area (Å²) in [7, 11) is 0. The number of nitriles is 1. The molecule has 8 unspecified atom stereocenters. The van der Waals surface area contributed by atoms with Crippen molar-refractivity contribution < 1.29 is 9.59 Å². The van der Waals surface area contributed by atoms with Crippen LogP contribution in [0.25, 0.3) is 0 Å². The highest BCUT2D eigenvalue weighted by Gasteiger charge is 2.70. The zero-order valence-electron chi connectivity index (χ0n) is 20.4. The van der Waals surface area contributed by atoms with E-state index in [1.165, 1.54) is 0 Å². The second-order valence-corrected chi connectivity index (χ2v) is 13.5. The first-order valence-corrected chi connectivity index (χ1v) is 13.1. The lowest BCUT2D eigenvalue weighted by atomic mass is 9.33. The Morgan fingerprint density at radius 2 is 1.66 bits per heavy atom. The summed E-state index contributed by atoms with van der Waals surface area (Å²) >= 11 is 6.28. The predicted octanol–water partition coefficient (Wildman–Crippen LogP) is 6.85. The summed E-state index contributed by atoms with van der Waals surface area (Å²) in [6.45, 7) is 11.5. The second-order valence-electron chi connectivity index (χ2n) is 13.2. The van der Waals surface area contributed by atoms with Crippen LogP contribution in [-0.2, 0) is 9.59 Å². The van der Waals surface area contributed by atoms with Crippen LogP contribution in [0.2, 0.25) is 0 Å². The third-order valence-electron chi connectivity index (χ3n) is 12.2. The standard InChI is InChI=1S/C28H38ClNO2/c1-24(2)20-10-12-27(5)21(25(20,3)15-17(16-30)22(24)31)9-8-18-19-7-6-11-28(19,23(29)32)14-13-26(18,27)4/h15,18-21H,6-14H2,1-5H3. The number of fused-ring (bicyclic) bond motifs is 7. The molecule has 0 saturated heterocycles. The minimum Gasteiger partial charge on any atom is -0.293 e. The number of ketones is 1. The first-order valence-electron chi connectivity index (χ1n) is 12.8. The van der Waals surface area contributed by atoms with Gasteiger partial charge in [-0.1, -0.05) is 47.1 Å². The highest BCUT2D eigenvalue weighted by atomic mass is 35.5. The third-order valence-corrected chi connectivity index (χ3v) is 12.6.